The van der Waals surface area contributed by atoms with Gasteiger partial charge in [-0.1, -0.05) is 0 Å². The average molecular weight is 199 g/mol. The number of Topliss-reactive ketones (excluding diaryl/α,β-unsaturated/α-hetero) is 1. The summed E-state index contributed by atoms with van der Waals surface area (Å²) in [6.07, 6.45) is 0.772. The molecule has 0 radical (unpaired) electrons. The van der Waals surface area contributed by atoms with E-state index in [-0.39, 0.29) is 18.2 Å². The van der Waals surface area contributed by atoms with Gasteiger partial charge in [-0.15, -0.1) is 0 Å². The van der Waals surface area contributed by atoms with E-state index in [0.717, 1.165) is 0 Å². The van der Waals surface area contributed by atoms with Gasteiger partial charge in [0.05, 0.1) is 0 Å². The lowest BCUT2D eigenvalue weighted by Crippen LogP contribution is -2.46. The monoisotopic (exact) mass is 199 g/mol. The number of ketones is 1. The molecule has 0 aromatic rings. The minimum Gasteiger partial charge on any atom is -0.459 e. The Bertz CT molecular complexity index is 242. The predicted octanol–water partition coefficient (Wildman–Crippen LogP) is 0.649. The van der Waals surface area contributed by atoms with Crippen molar-refractivity contribution >= 4 is 11.8 Å². The fourth-order valence-electron chi connectivity index (χ4n) is 1.33. The molecule has 1 aliphatic rings. The van der Waals surface area contributed by atoms with Crippen molar-refractivity contribution in [1.29, 1.82) is 0 Å². The fourth-order valence-corrected chi connectivity index (χ4v) is 1.33. The van der Waals surface area contributed by atoms with Gasteiger partial charge < -0.3 is 10.1 Å². The van der Waals surface area contributed by atoms with Crippen molar-refractivity contribution < 1.29 is 14.3 Å². The van der Waals surface area contributed by atoms with Crippen molar-refractivity contribution in [1.82, 2.24) is 5.32 Å². The lowest BCUT2D eigenvalue weighted by Gasteiger charge is -2.26. The lowest BCUT2D eigenvalue weighted by molar-refractivity contribution is -0.159. The van der Waals surface area contributed by atoms with E-state index < -0.39 is 11.6 Å². The summed E-state index contributed by atoms with van der Waals surface area (Å²) in [7, 11) is 0. The maximum absolute atomic E-state index is 11.5. The maximum atomic E-state index is 11.5. The predicted molar refractivity (Wildman–Crippen MR) is 51.9 cm³/mol. The smallest absolute Gasteiger partial charge is 0.324 e. The lowest BCUT2D eigenvalue weighted by atomic mass is 10.0. The van der Waals surface area contributed by atoms with Crippen LogP contribution < -0.4 is 5.32 Å². The van der Waals surface area contributed by atoms with Crippen LogP contribution in [0.3, 0.4) is 0 Å². The number of hydrogen-bond donors (Lipinski definition) is 1. The highest BCUT2D eigenvalue weighted by Crippen LogP contribution is 2.12. The molecule has 1 fully saturated rings. The van der Waals surface area contributed by atoms with Crippen molar-refractivity contribution in [2.75, 3.05) is 6.54 Å². The van der Waals surface area contributed by atoms with Crippen molar-refractivity contribution in [3.05, 3.63) is 0 Å². The molecule has 4 nitrogen and oxygen atoms in total. The Morgan fingerprint density at radius 1 is 1.50 bits per heavy atom. The first kappa shape index (κ1) is 11.2. The number of ether oxygens (including phenoxy) is 1. The summed E-state index contributed by atoms with van der Waals surface area (Å²) in [4.78, 5) is 22.6. The van der Waals surface area contributed by atoms with Crippen molar-refractivity contribution in [2.45, 2.75) is 45.3 Å². The Hall–Kier alpha value is -0.900. The minimum absolute atomic E-state index is 0.125. The van der Waals surface area contributed by atoms with Crippen LogP contribution in [0.15, 0.2) is 0 Å². The normalized spacial score (nSPS) is 23.4. The van der Waals surface area contributed by atoms with Crippen LogP contribution in [0.4, 0.5) is 0 Å². The Morgan fingerprint density at radius 3 is 2.64 bits per heavy atom. The number of esters is 1. The summed E-state index contributed by atoms with van der Waals surface area (Å²) in [6, 6.07) is -0.449. The molecule has 0 aliphatic carbocycles. The molecule has 1 rings (SSSR count). The first-order valence-corrected chi connectivity index (χ1v) is 4.86. The van der Waals surface area contributed by atoms with Gasteiger partial charge in [0.25, 0.3) is 0 Å². The molecule has 0 aromatic carbocycles. The van der Waals surface area contributed by atoms with Gasteiger partial charge in [0.2, 0.25) is 0 Å². The largest absolute Gasteiger partial charge is 0.459 e. The molecule has 0 bridgehead atoms. The van der Waals surface area contributed by atoms with Gasteiger partial charge in [0, 0.05) is 19.4 Å². The summed E-state index contributed by atoms with van der Waals surface area (Å²) in [5, 5.41) is 2.98. The summed E-state index contributed by atoms with van der Waals surface area (Å²) < 4.78 is 5.17. The standard InChI is InChI=1S/C10H17NO3/c1-10(2,3)14-9(13)8-6-7(12)4-5-11-8/h8,11H,4-6H2,1-3H3. The molecule has 0 spiro atoms. The van der Waals surface area contributed by atoms with Crippen LogP contribution in [-0.2, 0) is 14.3 Å². The Balaban J connectivity index is 2.48. The molecule has 1 unspecified atom stereocenters. The van der Waals surface area contributed by atoms with E-state index in [9.17, 15) is 9.59 Å². The van der Waals surface area contributed by atoms with Gasteiger partial charge in [0.15, 0.2) is 0 Å². The molecule has 1 heterocycles. The summed E-state index contributed by atoms with van der Waals surface area (Å²) in [5.74, 6) is -0.204. The van der Waals surface area contributed by atoms with E-state index in [1.54, 1.807) is 0 Å². The van der Waals surface area contributed by atoms with E-state index in [2.05, 4.69) is 5.32 Å². The van der Waals surface area contributed by atoms with Crippen LogP contribution in [0.2, 0.25) is 0 Å². The van der Waals surface area contributed by atoms with Gasteiger partial charge in [-0.25, -0.2) is 0 Å². The van der Waals surface area contributed by atoms with Crippen LogP contribution in [0, 0.1) is 0 Å². The molecule has 1 saturated heterocycles. The average Bonchev–Trinajstić information content (AvgIpc) is 2.01. The molecular weight excluding hydrogens is 182 g/mol. The minimum atomic E-state index is -0.487. The van der Waals surface area contributed by atoms with Crippen molar-refractivity contribution in [2.24, 2.45) is 0 Å². The highest BCUT2D eigenvalue weighted by molar-refractivity contribution is 5.87. The zero-order valence-corrected chi connectivity index (χ0v) is 8.92. The molecule has 1 N–H and O–H groups in total. The summed E-state index contributed by atoms with van der Waals surface area (Å²) in [6.45, 7) is 6.02. The number of rotatable bonds is 1. The van der Waals surface area contributed by atoms with E-state index in [4.69, 9.17) is 4.74 Å². The Kier molecular flexibility index (Phi) is 3.26. The van der Waals surface area contributed by atoms with Crippen molar-refractivity contribution in [3.8, 4) is 0 Å². The second kappa shape index (κ2) is 4.09. The van der Waals surface area contributed by atoms with Crippen LogP contribution in [0.25, 0.3) is 0 Å². The number of nitrogens with one attached hydrogen (secondary N) is 1. The molecule has 0 saturated carbocycles. The summed E-state index contributed by atoms with van der Waals surface area (Å²) >= 11 is 0. The van der Waals surface area contributed by atoms with Crippen molar-refractivity contribution in [3.63, 3.8) is 0 Å². The first-order chi connectivity index (χ1) is 6.38. The molecular formula is C10H17NO3. The topological polar surface area (TPSA) is 55.4 Å². The van der Waals surface area contributed by atoms with E-state index in [1.807, 2.05) is 20.8 Å². The maximum Gasteiger partial charge on any atom is 0.324 e. The van der Waals surface area contributed by atoms with Gasteiger partial charge >= 0.3 is 5.97 Å². The third-order valence-electron chi connectivity index (χ3n) is 1.92. The van der Waals surface area contributed by atoms with Gasteiger partial charge in [0.1, 0.15) is 17.4 Å². The van der Waals surface area contributed by atoms with Gasteiger partial charge in [-0.3, -0.25) is 9.59 Å². The second-order valence-electron chi connectivity index (χ2n) is 4.53. The Labute approximate surface area is 84.0 Å². The highest BCUT2D eigenvalue weighted by atomic mass is 16.6. The quantitative estimate of drug-likeness (QED) is 0.630. The molecule has 14 heavy (non-hydrogen) atoms. The first-order valence-electron chi connectivity index (χ1n) is 4.86. The van der Waals surface area contributed by atoms with E-state index >= 15 is 0 Å². The fraction of sp³-hybridized carbons (Fsp3) is 0.800. The van der Waals surface area contributed by atoms with E-state index in [0.29, 0.717) is 13.0 Å². The summed E-state index contributed by atoms with van der Waals surface area (Å²) in [5.41, 5.74) is -0.487. The molecule has 4 heteroatoms. The number of hydrogen-bond acceptors (Lipinski definition) is 4. The molecule has 0 amide bonds. The number of piperidine rings is 1. The van der Waals surface area contributed by atoms with Crippen LogP contribution in [0.1, 0.15) is 33.6 Å². The van der Waals surface area contributed by atoms with E-state index in [1.165, 1.54) is 0 Å². The Morgan fingerprint density at radius 2 is 2.14 bits per heavy atom. The molecule has 80 valence electrons. The zero-order chi connectivity index (χ0) is 10.8. The third-order valence-corrected chi connectivity index (χ3v) is 1.92. The van der Waals surface area contributed by atoms with Crippen LogP contribution in [0.5, 0.6) is 0 Å². The molecule has 1 aliphatic heterocycles. The molecule has 0 aromatic heterocycles. The highest BCUT2D eigenvalue weighted by Gasteiger charge is 2.29. The second-order valence-corrected chi connectivity index (χ2v) is 4.53. The molecule has 1 atom stereocenters. The SMILES string of the molecule is CC(C)(C)OC(=O)C1CC(=O)CCN1. The number of carbonyl (C=O) groups excluding carboxylic acids is 2. The van der Waals surface area contributed by atoms with Crippen LogP contribution in [-0.4, -0.2) is 29.9 Å². The van der Waals surface area contributed by atoms with Gasteiger partial charge in [-0.2, -0.15) is 0 Å². The zero-order valence-electron chi connectivity index (χ0n) is 8.92. The van der Waals surface area contributed by atoms with Gasteiger partial charge in [-0.05, 0) is 20.8 Å². The third kappa shape index (κ3) is 3.46. The van der Waals surface area contributed by atoms with Crippen LogP contribution >= 0.6 is 0 Å². The number of carbonyl (C=O) groups is 2.